The van der Waals surface area contributed by atoms with Crippen LogP contribution in [0.1, 0.15) is 21.5 Å². The molecule has 0 atom stereocenters. The van der Waals surface area contributed by atoms with Crippen molar-refractivity contribution in [3.8, 4) is 22.9 Å². The molecule has 0 saturated carbocycles. The lowest BCUT2D eigenvalue weighted by Gasteiger charge is -2.06. The molecule has 0 aliphatic rings. The third-order valence-corrected chi connectivity index (χ3v) is 4.43. The summed E-state index contributed by atoms with van der Waals surface area (Å²) in [5, 5.41) is 11.0. The average Bonchev–Trinajstić information content (AvgIpc) is 3.23. The molecule has 1 amide bonds. The van der Waals surface area contributed by atoms with E-state index in [4.69, 9.17) is 4.42 Å². The van der Waals surface area contributed by atoms with Gasteiger partial charge in [0, 0.05) is 23.2 Å². The van der Waals surface area contributed by atoms with Crippen LogP contribution in [0.25, 0.3) is 22.9 Å². The second-order valence-corrected chi connectivity index (χ2v) is 6.67. The van der Waals surface area contributed by atoms with Crippen LogP contribution in [0.2, 0.25) is 0 Å². The average molecular weight is 387 g/mol. The third-order valence-electron chi connectivity index (χ3n) is 4.43. The normalized spacial score (nSPS) is 10.7. The summed E-state index contributed by atoms with van der Waals surface area (Å²) in [6.45, 7) is 2.25. The summed E-state index contributed by atoms with van der Waals surface area (Å²) in [7, 11) is 0. The molecule has 4 rings (SSSR count). The van der Waals surface area contributed by atoms with Crippen LogP contribution < -0.4 is 5.32 Å². The van der Waals surface area contributed by atoms with Gasteiger partial charge in [0.2, 0.25) is 11.8 Å². The molecule has 0 unspecified atom stereocenters. The van der Waals surface area contributed by atoms with Gasteiger partial charge >= 0.3 is 0 Å². The van der Waals surface area contributed by atoms with Crippen molar-refractivity contribution < 1.29 is 13.6 Å². The fraction of sp³-hybridized carbons (Fsp3) is 0.0870. The molecule has 0 spiro atoms. The van der Waals surface area contributed by atoms with Crippen molar-refractivity contribution in [3.05, 3.63) is 95.3 Å². The van der Waals surface area contributed by atoms with Crippen LogP contribution in [-0.4, -0.2) is 16.1 Å². The second-order valence-electron chi connectivity index (χ2n) is 6.67. The number of carbonyl (C=O) groups is 1. The van der Waals surface area contributed by atoms with E-state index in [0.717, 1.165) is 16.7 Å². The van der Waals surface area contributed by atoms with E-state index in [1.54, 1.807) is 36.4 Å². The first-order valence-electron chi connectivity index (χ1n) is 9.12. The molecule has 1 aromatic heterocycles. The molecule has 0 aliphatic carbocycles. The van der Waals surface area contributed by atoms with Crippen molar-refractivity contribution in [2.75, 3.05) is 0 Å². The Kier molecular flexibility index (Phi) is 5.16. The first kappa shape index (κ1) is 18.6. The molecule has 0 aliphatic heterocycles. The summed E-state index contributed by atoms with van der Waals surface area (Å²) in [5.74, 6) is 0.256. The Morgan fingerprint density at radius 2 is 1.66 bits per heavy atom. The predicted molar refractivity (Wildman–Crippen MR) is 107 cm³/mol. The second kappa shape index (κ2) is 8.06. The van der Waals surface area contributed by atoms with Gasteiger partial charge in [-0.1, -0.05) is 29.8 Å². The van der Waals surface area contributed by atoms with Crippen molar-refractivity contribution in [2.24, 2.45) is 0 Å². The SMILES string of the molecule is Cc1cccc(-c2nnc(-c3ccc(C(=O)NCc4cccc(F)c4)cc3)o2)c1. The Balaban J connectivity index is 1.44. The minimum Gasteiger partial charge on any atom is -0.416 e. The summed E-state index contributed by atoms with van der Waals surface area (Å²) in [6.07, 6.45) is 0. The maximum absolute atomic E-state index is 13.2. The van der Waals surface area contributed by atoms with Gasteiger partial charge in [0.05, 0.1) is 0 Å². The van der Waals surface area contributed by atoms with Crippen molar-refractivity contribution in [1.29, 1.82) is 0 Å². The largest absolute Gasteiger partial charge is 0.416 e. The molecule has 6 heteroatoms. The summed E-state index contributed by atoms with van der Waals surface area (Å²) in [5.41, 5.74) is 3.87. The number of halogens is 1. The first-order chi connectivity index (χ1) is 14.1. The minimum atomic E-state index is -0.328. The van der Waals surface area contributed by atoms with E-state index in [2.05, 4.69) is 15.5 Å². The standard InChI is InChI=1S/C23H18FN3O2/c1-15-4-2-6-19(12-15)23-27-26-22(29-23)18-10-8-17(9-11-18)21(28)25-14-16-5-3-7-20(24)13-16/h2-13H,14H2,1H3,(H,25,28). The highest BCUT2D eigenvalue weighted by atomic mass is 19.1. The molecular weight excluding hydrogens is 369 g/mol. The molecule has 5 nitrogen and oxygen atoms in total. The smallest absolute Gasteiger partial charge is 0.251 e. The van der Waals surface area contributed by atoms with Gasteiger partial charge in [0.15, 0.2) is 0 Å². The lowest BCUT2D eigenvalue weighted by atomic mass is 10.1. The van der Waals surface area contributed by atoms with Gasteiger partial charge in [-0.3, -0.25) is 4.79 Å². The Morgan fingerprint density at radius 1 is 0.931 bits per heavy atom. The van der Waals surface area contributed by atoms with Crippen LogP contribution in [-0.2, 0) is 6.54 Å². The topological polar surface area (TPSA) is 68.0 Å². The number of hydrogen-bond acceptors (Lipinski definition) is 4. The van der Waals surface area contributed by atoms with E-state index < -0.39 is 0 Å². The number of nitrogens with zero attached hydrogens (tertiary/aromatic N) is 2. The zero-order valence-corrected chi connectivity index (χ0v) is 15.7. The molecular formula is C23H18FN3O2. The van der Waals surface area contributed by atoms with Gasteiger partial charge in [0.1, 0.15) is 5.82 Å². The van der Waals surface area contributed by atoms with Gasteiger partial charge in [-0.15, -0.1) is 10.2 Å². The van der Waals surface area contributed by atoms with Gasteiger partial charge < -0.3 is 9.73 Å². The number of nitrogens with one attached hydrogen (secondary N) is 1. The maximum atomic E-state index is 13.2. The number of aromatic nitrogens is 2. The molecule has 1 N–H and O–H groups in total. The number of carbonyl (C=O) groups excluding carboxylic acids is 1. The highest BCUT2D eigenvalue weighted by Gasteiger charge is 2.12. The maximum Gasteiger partial charge on any atom is 0.251 e. The first-order valence-corrected chi connectivity index (χ1v) is 9.12. The third kappa shape index (κ3) is 4.38. The van der Waals surface area contributed by atoms with Crippen molar-refractivity contribution in [2.45, 2.75) is 13.5 Å². The molecule has 0 bridgehead atoms. The number of aryl methyl sites for hydroxylation is 1. The number of benzene rings is 3. The summed E-state index contributed by atoms with van der Waals surface area (Å²) < 4.78 is 19.0. The van der Waals surface area contributed by atoms with E-state index in [1.165, 1.54) is 12.1 Å². The summed E-state index contributed by atoms with van der Waals surface area (Å²) in [4.78, 5) is 12.3. The molecule has 1 heterocycles. The van der Waals surface area contributed by atoms with Crippen molar-refractivity contribution >= 4 is 5.91 Å². The Morgan fingerprint density at radius 3 is 2.38 bits per heavy atom. The van der Waals surface area contributed by atoms with E-state index >= 15 is 0 Å². The van der Waals surface area contributed by atoms with Crippen LogP contribution in [0.15, 0.2) is 77.2 Å². The minimum absolute atomic E-state index is 0.244. The van der Waals surface area contributed by atoms with Crippen molar-refractivity contribution in [1.82, 2.24) is 15.5 Å². The predicted octanol–water partition coefficient (Wildman–Crippen LogP) is 4.78. The molecule has 4 aromatic rings. The number of rotatable bonds is 5. The van der Waals surface area contributed by atoms with Crippen LogP contribution >= 0.6 is 0 Å². The summed E-state index contributed by atoms with van der Waals surface area (Å²) >= 11 is 0. The van der Waals surface area contributed by atoms with E-state index in [-0.39, 0.29) is 18.3 Å². The highest BCUT2D eigenvalue weighted by Crippen LogP contribution is 2.24. The fourth-order valence-electron chi connectivity index (χ4n) is 2.93. The number of amides is 1. The Hall–Kier alpha value is -3.80. The molecule has 0 radical (unpaired) electrons. The highest BCUT2D eigenvalue weighted by molar-refractivity contribution is 5.94. The quantitative estimate of drug-likeness (QED) is 0.535. The van der Waals surface area contributed by atoms with E-state index in [9.17, 15) is 9.18 Å². The Bertz CT molecular complexity index is 1150. The fourth-order valence-corrected chi connectivity index (χ4v) is 2.93. The molecule has 3 aromatic carbocycles. The monoisotopic (exact) mass is 387 g/mol. The zero-order valence-electron chi connectivity index (χ0n) is 15.7. The van der Waals surface area contributed by atoms with Gasteiger partial charge in [-0.2, -0.15) is 0 Å². The number of hydrogen-bond donors (Lipinski definition) is 1. The lowest BCUT2D eigenvalue weighted by Crippen LogP contribution is -2.22. The van der Waals surface area contributed by atoms with Gasteiger partial charge in [0.25, 0.3) is 5.91 Å². The molecule has 144 valence electrons. The van der Waals surface area contributed by atoms with Gasteiger partial charge in [-0.25, -0.2) is 4.39 Å². The molecule has 0 fully saturated rings. The molecule has 0 saturated heterocycles. The molecule has 29 heavy (non-hydrogen) atoms. The van der Waals surface area contributed by atoms with Crippen LogP contribution in [0.5, 0.6) is 0 Å². The van der Waals surface area contributed by atoms with Crippen LogP contribution in [0.4, 0.5) is 4.39 Å². The van der Waals surface area contributed by atoms with Gasteiger partial charge in [-0.05, 0) is 61.0 Å². The van der Waals surface area contributed by atoms with Crippen molar-refractivity contribution in [3.63, 3.8) is 0 Å². The van der Waals surface area contributed by atoms with Crippen LogP contribution in [0, 0.1) is 12.7 Å². The van der Waals surface area contributed by atoms with E-state index in [1.807, 2.05) is 31.2 Å². The lowest BCUT2D eigenvalue weighted by molar-refractivity contribution is 0.0951. The summed E-state index contributed by atoms with van der Waals surface area (Å²) in [6, 6.07) is 20.8. The van der Waals surface area contributed by atoms with E-state index in [0.29, 0.717) is 22.9 Å². The van der Waals surface area contributed by atoms with Crippen LogP contribution in [0.3, 0.4) is 0 Å². The Labute approximate surface area is 167 Å². The zero-order chi connectivity index (χ0) is 20.2.